The minimum atomic E-state index is -1.58. The smallest absolute Gasteiger partial charge is 0.126 e. The van der Waals surface area contributed by atoms with Crippen molar-refractivity contribution in [1.82, 2.24) is 0 Å². The van der Waals surface area contributed by atoms with Gasteiger partial charge in [0.1, 0.15) is 0 Å². The summed E-state index contributed by atoms with van der Waals surface area (Å²) in [5.74, 6) is 0. The molecule has 1 saturated heterocycles. The van der Waals surface area contributed by atoms with Crippen LogP contribution in [0.5, 0.6) is 0 Å². The molecule has 52 valence electrons. The molecule has 1 fully saturated rings. The zero-order chi connectivity index (χ0) is 7.45. The van der Waals surface area contributed by atoms with E-state index in [2.05, 4.69) is 11.1 Å². The van der Waals surface area contributed by atoms with E-state index in [-0.39, 0.29) is 0 Å². The lowest BCUT2D eigenvalue weighted by Crippen LogP contribution is -2.33. The Morgan fingerprint density at radius 2 is 1.40 bits per heavy atom. The van der Waals surface area contributed by atoms with Gasteiger partial charge in [0.05, 0.1) is 0 Å². The summed E-state index contributed by atoms with van der Waals surface area (Å²) in [6.07, 6.45) is 14.7. The fraction of sp³-hybridized carbons (Fsp3) is 0.556. The Labute approximate surface area is 64.0 Å². The van der Waals surface area contributed by atoms with Crippen LogP contribution in [0.2, 0.25) is 12.1 Å². The number of terminal acetylenes is 2. The summed E-state index contributed by atoms with van der Waals surface area (Å²) in [6.45, 7) is 0. The molecule has 1 aliphatic heterocycles. The molecule has 1 rings (SSSR count). The first-order valence-electron chi connectivity index (χ1n) is 3.78. The molecular weight excluding hydrogens is 136 g/mol. The normalized spacial score (nSPS) is 22.6. The van der Waals surface area contributed by atoms with Gasteiger partial charge in [0.25, 0.3) is 0 Å². The maximum Gasteiger partial charge on any atom is 0.216 e. The molecule has 0 aliphatic carbocycles. The Hall–Kier alpha value is -0.663. The van der Waals surface area contributed by atoms with Gasteiger partial charge in [0.2, 0.25) is 8.07 Å². The van der Waals surface area contributed by atoms with Gasteiger partial charge in [-0.15, -0.1) is 23.9 Å². The Morgan fingerprint density at radius 3 is 1.70 bits per heavy atom. The van der Waals surface area contributed by atoms with Crippen molar-refractivity contribution in [2.45, 2.75) is 31.4 Å². The summed E-state index contributed by atoms with van der Waals surface area (Å²) in [4.78, 5) is 0. The number of hydrogen-bond donors (Lipinski definition) is 0. The molecule has 1 heteroatoms. The molecule has 0 amide bonds. The minimum absolute atomic E-state index is 1.17. The third kappa shape index (κ3) is 1.25. The Kier molecular flexibility index (Phi) is 2.19. The van der Waals surface area contributed by atoms with Crippen molar-refractivity contribution >= 4 is 8.07 Å². The molecule has 1 aliphatic rings. The highest BCUT2D eigenvalue weighted by atomic mass is 28.3. The average molecular weight is 148 g/mol. The van der Waals surface area contributed by atoms with Crippen LogP contribution in [0.1, 0.15) is 19.3 Å². The van der Waals surface area contributed by atoms with Gasteiger partial charge in [-0.2, -0.15) is 0 Å². The highest BCUT2D eigenvalue weighted by molar-refractivity contribution is 6.94. The first kappa shape index (κ1) is 7.44. The van der Waals surface area contributed by atoms with Crippen molar-refractivity contribution in [2.24, 2.45) is 0 Å². The Balaban J connectivity index is 2.67. The van der Waals surface area contributed by atoms with E-state index in [0.29, 0.717) is 0 Å². The summed E-state index contributed by atoms with van der Waals surface area (Å²) in [7, 11) is -1.58. The van der Waals surface area contributed by atoms with Crippen molar-refractivity contribution < 1.29 is 0 Å². The van der Waals surface area contributed by atoms with E-state index in [1.54, 1.807) is 0 Å². The van der Waals surface area contributed by atoms with E-state index in [0.717, 1.165) is 0 Å². The van der Waals surface area contributed by atoms with E-state index in [4.69, 9.17) is 12.8 Å². The van der Waals surface area contributed by atoms with Gasteiger partial charge in [-0.05, 0) is 12.1 Å². The van der Waals surface area contributed by atoms with E-state index < -0.39 is 8.07 Å². The van der Waals surface area contributed by atoms with Crippen LogP contribution < -0.4 is 0 Å². The van der Waals surface area contributed by atoms with E-state index >= 15 is 0 Å². The minimum Gasteiger partial charge on any atom is -0.126 e. The highest BCUT2D eigenvalue weighted by Gasteiger charge is 2.30. The SMILES string of the molecule is C#C[Si]1(C#C)CCCCC1. The lowest BCUT2D eigenvalue weighted by Gasteiger charge is -2.23. The summed E-state index contributed by atoms with van der Waals surface area (Å²) >= 11 is 0. The van der Waals surface area contributed by atoms with Crippen LogP contribution in [-0.2, 0) is 0 Å². The van der Waals surface area contributed by atoms with Crippen molar-refractivity contribution in [2.75, 3.05) is 0 Å². The van der Waals surface area contributed by atoms with Crippen LogP contribution in [0, 0.1) is 23.9 Å². The summed E-state index contributed by atoms with van der Waals surface area (Å²) in [5.41, 5.74) is 5.74. The van der Waals surface area contributed by atoms with Crippen molar-refractivity contribution in [3.05, 3.63) is 0 Å². The predicted molar refractivity (Wildman–Crippen MR) is 46.9 cm³/mol. The molecule has 0 spiro atoms. The average Bonchev–Trinajstić information content (AvgIpc) is 2.06. The first-order valence-corrected chi connectivity index (χ1v) is 6.20. The molecule has 0 saturated carbocycles. The van der Waals surface area contributed by atoms with Crippen molar-refractivity contribution in [3.63, 3.8) is 0 Å². The standard InChI is InChI=1S/C9H12Si/c1-3-10(4-2)8-6-5-7-9-10/h1-2H,5-9H2. The van der Waals surface area contributed by atoms with Gasteiger partial charge in [0, 0.05) is 0 Å². The fourth-order valence-electron chi connectivity index (χ4n) is 1.49. The summed E-state index contributed by atoms with van der Waals surface area (Å²) in [6, 6.07) is 2.33. The van der Waals surface area contributed by atoms with Gasteiger partial charge in [-0.25, -0.2) is 0 Å². The zero-order valence-corrected chi connectivity index (χ0v) is 7.19. The van der Waals surface area contributed by atoms with Crippen molar-refractivity contribution in [3.8, 4) is 23.9 Å². The maximum atomic E-state index is 5.42. The third-order valence-electron chi connectivity index (χ3n) is 2.26. The molecule has 1 heterocycles. The molecule has 0 atom stereocenters. The second kappa shape index (κ2) is 2.95. The second-order valence-electron chi connectivity index (χ2n) is 2.93. The number of rotatable bonds is 0. The monoisotopic (exact) mass is 148 g/mol. The Morgan fingerprint density at radius 1 is 0.900 bits per heavy atom. The highest BCUT2D eigenvalue weighted by Crippen LogP contribution is 2.26. The largest absolute Gasteiger partial charge is 0.216 e. The van der Waals surface area contributed by atoms with E-state index in [1.807, 2.05) is 0 Å². The molecule has 0 aromatic rings. The first-order chi connectivity index (χ1) is 4.83. The second-order valence-corrected chi connectivity index (χ2v) is 6.67. The predicted octanol–water partition coefficient (Wildman–Crippen LogP) is 1.96. The van der Waals surface area contributed by atoms with Gasteiger partial charge in [-0.3, -0.25) is 0 Å². The third-order valence-corrected chi connectivity index (χ3v) is 5.78. The van der Waals surface area contributed by atoms with E-state index in [1.165, 1.54) is 31.4 Å². The van der Waals surface area contributed by atoms with Gasteiger partial charge >= 0.3 is 0 Å². The van der Waals surface area contributed by atoms with Crippen LogP contribution in [0.4, 0.5) is 0 Å². The zero-order valence-electron chi connectivity index (χ0n) is 6.19. The van der Waals surface area contributed by atoms with Gasteiger partial charge < -0.3 is 0 Å². The molecule has 0 nitrogen and oxygen atoms in total. The van der Waals surface area contributed by atoms with Crippen molar-refractivity contribution in [1.29, 1.82) is 0 Å². The van der Waals surface area contributed by atoms with Crippen LogP contribution in [0.25, 0.3) is 0 Å². The quantitative estimate of drug-likeness (QED) is 0.364. The van der Waals surface area contributed by atoms with E-state index in [9.17, 15) is 0 Å². The molecule has 0 unspecified atom stereocenters. The molecule has 0 N–H and O–H groups in total. The van der Waals surface area contributed by atoms with Crippen LogP contribution in [0.3, 0.4) is 0 Å². The maximum absolute atomic E-state index is 5.42. The Bertz CT molecular complexity index is 170. The van der Waals surface area contributed by atoms with Crippen LogP contribution in [-0.4, -0.2) is 8.07 Å². The number of hydrogen-bond acceptors (Lipinski definition) is 0. The molecule has 0 aromatic heterocycles. The summed E-state index contributed by atoms with van der Waals surface area (Å²) in [5, 5.41) is 0. The lowest BCUT2D eigenvalue weighted by atomic mass is 10.3. The topological polar surface area (TPSA) is 0 Å². The summed E-state index contributed by atoms with van der Waals surface area (Å²) < 4.78 is 0. The van der Waals surface area contributed by atoms with Gasteiger partial charge in [0.15, 0.2) is 0 Å². The molecule has 0 aromatic carbocycles. The van der Waals surface area contributed by atoms with Crippen LogP contribution in [0.15, 0.2) is 0 Å². The lowest BCUT2D eigenvalue weighted by molar-refractivity contribution is 0.722. The molecule has 0 radical (unpaired) electrons. The molecule has 0 bridgehead atoms. The molecule has 10 heavy (non-hydrogen) atoms. The molecular formula is C9H12Si. The van der Waals surface area contributed by atoms with Gasteiger partial charge in [-0.1, -0.05) is 19.3 Å². The fourth-order valence-corrected chi connectivity index (χ4v) is 4.10. The van der Waals surface area contributed by atoms with Crippen LogP contribution >= 0.6 is 0 Å².